The molecule has 2 aromatic rings. The molecule has 0 fully saturated rings. The van der Waals surface area contributed by atoms with E-state index in [-0.39, 0.29) is 37.6 Å². The zero-order valence-electron chi connectivity index (χ0n) is 15.5. The van der Waals surface area contributed by atoms with Crippen LogP contribution >= 0.6 is 23.4 Å². The summed E-state index contributed by atoms with van der Waals surface area (Å²) in [6.07, 6.45) is -4.85. The summed E-state index contributed by atoms with van der Waals surface area (Å²) in [6.45, 7) is 3.58. The highest BCUT2D eigenvalue weighted by Crippen LogP contribution is 2.35. The number of carboxylic acid groups (broad SMARTS) is 1. The van der Waals surface area contributed by atoms with Crippen LogP contribution in [0.5, 0.6) is 0 Å². The molecule has 13 heteroatoms. The van der Waals surface area contributed by atoms with Gasteiger partial charge in [-0.15, -0.1) is 11.8 Å². The first-order valence-corrected chi connectivity index (χ1v) is 9.60. The van der Waals surface area contributed by atoms with Gasteiger partial charge in [-0.1, -0.05) is 25.4 Å². The summed E-state index contributed by atoms with van der Waals surface area (Å²) in [6, 6.07) is 1.72. The predicted molar refractivity (Wildman–Crippen MR) is 103 cm³/mol. The Morgan fingerprint density at radius 3 is 2.37 bits per heavy atom. The molecular weight excluding hydrogens is 454 g/mol. The fraction of sp³-hybridized carbons (Fsp3) is 0.353. The van der Waals surface area contributed by atoms with E-state index in [1.807, 2.05) is 0 Å². The van der Waals surface area contributed by atoms with Gasteiger partial charge in [0.1, 0.15) is 11.1 Å². The Balaban J connectivity index is 2.66. The number of nitrogens with two attached hydrogens (primary N) is 1. The number of thioether (sulfide) groups is 1. The van der Waals surface area contributed by atoms with Crippen molar-refractivity contribution in [2.75, 3.05) is 5.84 Å². The topological polar surface area (TPSA) is 107 Å². The average Bonchev–Trinajstić information content (AvgIpc) is 2.59. The zero-order valence-corrected chi connectivity index (χ0v) is 17.1. The molecule has 3 N–H and O–H groups in total. The van der Waals surface area contributed by atoms with Gasteiger partial charge in [0.2, 0.25) is 0 Å². The fourth-order valence-corrected chi connectivity index (χ4v) is 4.08. The van der Waals surface area contributed by atoms with Crippen LogP contribution in [0, 0.1) is 11.7 Å². The number of nitrogens with zero attached hydrogens (tertiary/aromatic N) is 2. The number of aromatic nitrogens is 2. The number of halogens is 5. The molecule has 1 unspecified atom stereocenters. The summed E-state index contributed by atoms with van der Waals surface area (Å²) < 4.78 is 53.0. The molecule has 1 heterocycles. The number of benzene rings is 1. The van der Waals surface area contributed by atoms with Crippen molar-refractivity contribution in [2.45, 2.75) is 36.6 Å². The highest BCUT2D eigenvalue weighted by atomic mass is 35.5. The van der Waals surface area contributed by atoms with Crippen LogP contribution in [0.1, 0.15) is 26.0 Å². The molecule has 7 nitrogen and oxygen atoms in total. The lowest BCUT2D eigenvalue weighted by atomic mass is 10.1. The molecule has 164 valence electrons. The average molecular weight is 470 g/mol. The van der Waals surface area contributed by atoms with Crippen LogP contribution in [0.4, 0.5) is 17.6 Å². The highest BCUT2D eigenvalue weighted by Gasteiger charge is 2.36. The van der Waals surface area contributed by atoms with E-state index in [0.29, 0.717) is 0 Å². The van der Waals surface area contributed by atoms with Crippen molar-refractivity contribution in [2.24, 2.45) is 5.92 Å². The first-order chi connectivity index (χ1) is 13.7. The van der Waals surface area contributed by atoms with Crippen LogP contribution in [0.3, 0.4) is 0 Å². The molecule has 0 bridgehead atoms. The molecule has 0 aliphatic carbocycles. The summed E-state index contributed by atoms with van der Waals surface area (Å²) >= 11 is 6.73. The second-order valence-corrected chi connectivity index (χ2v) is 8.31. The van der Waals surface area contributed by atoms with Gasteiger partial charge in [0.15, 0.2) is 5.69 Å². The van der Waals surface area contributed by atoms with Crippen LogP contribution in [0.15, 0.2) is 32.7 Å². The minimum absolute atomic E-state index is 0.000676. The number of carbonyl (C=O) groups is 1. The lowest BCUT2D eigenvalue weighted by molar-refractivity contribution is -0.143. The summed E-state index contributed by atoms with van der Waals surface area (Å²) in [4.78, 5) is 36.0. The molecule has 30 heavy (non-hydrogen) atoms. The van der Waals surface area contributed by atoms with E-state index < -0.39 is 45.8 Å². The summed E-state index contributed by atoms with van der Waals surface area (Å²) in [5, 5.41) is 8.21. The SMILES string of the molecule is CC(C)CC(Sc1cc(-n2c(=O)cc(C(F)(F)F)n(N)c2=O)c(F)cc1Cl)C(=O)O. The van der Waals surface area contributed by atoms with Gasteiger partial charge in [0.25, 0.3) is 5.56 Å². The first-order valence-electron chi connectivity index (χ1n) is 8.34. The van der Waals surface area contributed by atoms with Crippen molar-refractivity contribution >= 4 is 29.3 Å². The maximum absolute atomic E-state index is 14.5. The maximum atomic E-state index is 14.5. The minimum atomic E-state index is -5.09. The molecule has 0 amide bonds. The number of carboxylic acids is 1. The predicted octanol–water partition coefficient (Wildman–Crippen LogP) is 3.12. The highest BCUT2D eigenvalue weighted by molar-refractivity contribution is 8.00. The summed E-state index contributed by atoms with van der Waals surface area (Å²) in [5.74, 6) is 2.82. The van der Waals surface area contributed by atoms with Crippen LogP contribution < -0.4 is 17.1 Å². The Labute approximate surface area is 176 Å². The second-order valence-electron chi connectivity index (χ2n) is 6.66. The molecule has 0 radical (unpaired) electrons. The summed E-state index contributed by atoms with van der Waals surface area (Å²) in [7, 11) is 0. The third kappa shape index (κ3) is 4.98. The number of alkyl halides is 3. The van der Waals surface area contributed by atoms with E-state index in [0.717, 1.165) is 23.9 Å². The Hall–Kier alpha value is -2.47. The van der Waals surface area contributed by atoms with Crippen LogP contribution in [-0.2, 0) is 11.0 Å². The minimum Gasteiger partial charge on any atom is -0.480 e. The number of nitrogen functional groups attached to an aromatic ring is 1. The normalized spacial score (nSPS) is 12.9. The Morgan fingerprint density at radius 2 is 1.87 bits per heavy atom. The van der Waals surface area contributed by atoms with Crippen LogP contribution in [0.2, 0.25) is 5.02 Å². The van der Waals surface area contributed by atoms with Crippen molar-refractivity contribution in [3.8, 4) is 5.69 Å². The van der Waals surface area contributed by atoms with E-state index in [1.165, 1.54) is 0 Å². The van der Waals surface area contributed by atoms with Gasteiger partial charge in [0.05, 0.1) is 10.7 Å². The smallest absolute Gasteiger partial charge is 0.433 e. The Bertz CT molecular complexity index is 1100. The third-order valence-corrected chi connectivity index (χ3v) is 5.60. The molecule has 0 aliphatic rings. The zero-order chi connectivity index (χ0) is 23.0. The van der Waals surface area contributed by atoms with Gasteiger partial charge in [-0.3, -0.25) is 9.59 Å². The number of rotatable bonds is 6. The van der Waals surface area contributed by atoms with Crippen LogP contribution in [-0.4, -0.2) is 25.6 Å². The van der Waals surface area contributed by atoms with E-state index in [1.54, 1.807) is 13.8 Å². The second kappa shape index (κ2) is 8.72. The molecule has 0 spiro atoms. The van der Waals surface area contributed by atoms with Gasteiger partial charge in [-0.05, 0) is 24.5 Å². The first kappa shape index (κ1) is 23.8. The van der Waals surface area contributed by atoms with Gasteiger partial charge < -0.3 is 10.9 Å². The van der Waals surface area contributed by atoms with Gasteiger partial charge >= 0.3 is 17.8 Å². The standard InChI is InChI=1S/C17H16ClF4N3O4S/c1-7(2)3-12(15(27)28)30-11-5-10(9(19)4-8(11)18)24-14(26)6-13(17(20,21)22)25(23)16(24)29/h4-7,12H,3,23H2,1-2H3,(H,27,28). The van der Waals surface area contributed by atoms with Crippen molar-refractivity contribution in [1.29, 1.82) is 0 Å². The largest absolute Gasteiger partial charge is 0.480 e. The lowest BCUT2D eigenvalue weighted by Gasteiger charge is -2.17. The monoisotopic (exact) mass is 469 g/mol. The molecule has 2 rings (SSSR count). The number of aliphatic carboxylic acids is 1. The molecule has 0 saturated carbocycles. The molecule has 1 aromatic heterocycles. The molecule has 1 aromatic carbocycles. The van der Waals surface area contributed by atoms with Crippen LogP contribution in [0.25, 0.3) is 5.69 Å². The quantitative estimate of drug-likeness (QED) is 0.382. The summed E-state index contributed by atoms with van der Waals surface area (Å²) in [5.41, 5.74) is -5.52. The van der Waals surface area contributed by atoms with Crippen molar-refractivity contribution in [3.63, 3.8) is 0 Å². The van der Waals surface area contributed by atoms with E-state index in [2.05, 4.69) is 0 Å². The van der Waals surface area contributed by atoms with Gasteiger partial charge in [0, 0.05) is 11.0 Å². The van der Waals surface area contributed by atoms with Crippen molar-refractivity contribution < 1.29 is 27.5 Å². The maximum Gasteiger partial charge on any atom is 0.433 e. The fourth-order valence-electron chi connectivity index (χ4n) is 2.56. The molecule has 0 saturated heterocycles. The molecular formula is C17H16ClF4N3O4S. The number of hydrogen-bond acceptors (Lipinski definition) is 5. The third-order valence-electron chi connectivity index (χ3n) is 3.90. The van der Waals surface area contributed by atoms with E-state index in [4.69, 9.17) is 17.4 Å². The lowest BCUT2D eigenvalue weighted by Crippen LogP contribution is -2.45. The molecule has 1 atom stereocenters. The van der Waals surface area contributed by atoms with E-state index in [9.17, 15) is 37.1 Å². The molecule has 0 aliphatic heterocycles. The van der Waals surface area contributed by atoms with Gasteiger partial charge in [-0.2, -0.15) is 13.2 Å². The number of hydrogen-bond donors (Lipinski definition) is 2. The Kier molecular flexibility index (Phi) is 6.92. The van der Waals surface area contributed by atoms with Crippen molar-refractivity contribution in [1.82, 2.24) is 9.24 Å². The Morgan fingerprint density at radius 1 is 1.27 bits per heavy atom. The van der Waals surface area contributed by atoms with Gasteiger partial charge in [-0.25, -0.2) is 18.4 Å². The van der Waals surface area contributed by atoms with E-state index >= 15 is 0 Å². The van der Waals surface area contributed by atoms with Crippen molar-refractivity contribution in [3.05, 3.63) is 55.6 Å².